The third kappa shape index (κ3) is 7.26. The Hall–Kier alpha value is -4.28. The fourth-order valence-electron chi connectivity index (χ4n) is 5.43. The number of anilines is 2. The van der Waals surface area contributed by atoms with Crippen molar-refractivity contribution in [3.63, 3.8) is 0 Å². The second-order valence-corrected chi connectivity index (χ2v) is 14.0. The molecule has 13 heteroatoms. The number of rotatable bonds is 10. The molecule has 44 heavy (non-hydrogen) atoms. The van der Waals surface area contributed by atoms with Gasteiger partial charge in [-0.1, -0.05) is 11.8 Å². The van der Waals surface area contributed by atoms with Gasteiger partial charge in [-0.25, -0.2) is 23.4 Å². The molecule has 4 heterocycles. The molecule has 6 rings (SSSR count). The average molecular weight is 616 g/mol. The van der Waals surface area contributed by atoms with Crippen LogP contribution in [-0.4, -0.2) is 79.7 Å². The SMILES string of the molecule is CN(C)CC1CCC(COc2cc(Nc3ccnc(-c4cnn(S(=O)(=O)C5CC5)c4)n3)ncc2C#Cc2cnn(C)c2)CC1. The maximum absolute atomic E-state index is 12.6. The van der Waals surface area contributed by atoms with Gasteiger partial charge in [0.15, 0.2) is 5.82 Å². The van der Waals surface area contributed by atoms with E-state index in [0.29, 0.717) is 59.7 Å². The van der Waals surface area contributed by atoms with E-state index < -0.39 is 10.0 Å². The number of ether oxygens (including phenoxy) is 1. The van der Waals surface area contributed by atoms with E-state index in [4.69, 9.17) is 4.74 Å². The number of hydrogen-bond donors (Lipinski definition) is 1. The number of aromatic nitrogens is 7. The van der Waals surface area contributed by atoms with Crippen molar-refractivity contribution < 1.29 is 13.2 Å². The smallest absolute Gasteiger partial charge is 0.256 e. The van der Waals surface area contributed by atoms with E-state index in [1.807, 2.05) is 19.3 Å². The molecule has 0 unspecified atom stereocenters. The van der Waals surface area contributed by atoms with Crippen LogP contribution in [0.5, 0.6) is 5.75 Å². The number of hydrogen-bond acceptors (Lipinski definition) is 10. The highest BCUT2D eigenvalue weighted by molar-refractivity contribution is 7.90. The Kier molecular flexibility index (Phi) is 8.63. The summed E-state index contributed by atoms with van der Waals surface area (Å²) in [7, 11) is 2.66. The van der Waals surface area contributed by atoms with Crippen LogP contribution >= 0.6 is 0 Å². The zero-order chi connectivity index (χ0) is 30.7. The van der Waals surface area contributed by atoms with E-state index in [-0.39, 0.29) is 5.25 Å². The zero-order valence-electron chi connectivity index (χ0n) is 25.2. The maximum Gasteiger partial charge on any atom is 0.256 e. The minimum Gasteiger partial charge on any atom is -0.492 e. The van der Waals surface area contributed by atoms with Crippen LogP contribution in [0.4, 0.5) is 11.6 Å². The third-order valence-corrected chi connectivity index (χ3v) is 9.95. The minimum atomic E-state index is -3.47. The second kappa shape index (κ2) is 12.8. The number of pyridine rings is 1. The summed E-state index contributed by atoms with van der Waals surface area (Å²) in [5, 5.41) is 11.1. The van der Waals surface area contributed by atoms with Crippen LogP contribution in [0.25, 0.3) is 11.4 Å². The van der Waals surface area contributed by atoms with Gasteiger partial charge in [-0.3, -0.25) is 4.68 Å². The van der Waals surface area contributed by atoms with Gasteiger partial charge < -0.3 is 15.0 Å². The van der Waals surface area contributed by atoms with E-state index in [1.165, 1.54) is 25.2 Å². The zero-order valence-corrected chi connectivity index (χ0v) is 26.0. The molecule has 2 aliphatic carbocycles. The summed E-state index contributed by atoms with van der Waals surface area (Å²) in [6.45, 7) is 1.75. The topological polar surface area (TPSA) is 133 Å². The van der Waals surface area contributed by atoms with Crippen molar-refractivity contribution in [1.29, 1.82) is 0 Å². The molecule has 0 saturated heterocycles. The van der Waals surface area contributed by atoms with E-state index in [9.17, 15) is 8.42 Å². The highest BCUT2D eigenvalue weighted by Gasteiger charge is 2.37. The van der Waals surface area contributed by atoms with Crippen LogP contribution in [0.2, 0.25) is 0 Å². The molecule has 0 spiro atoms. The summed E-state index contributed by atoms with van der Waals surface area (Å²) in [4.78, 5) is 15.7. The molecule has 0 radical (unpaired) electrons. The average Bonchev–Trinajstić information content (AvgIpc) is 3.61. The standard InChI is InChI=1S/C31H37N9O3S/c1-38(2)18-22-4-6-23(7-5-22)21-43-28-14-30(33-16-25(28)9-8-24-15-34-39(3)19-24)36-29-12-13-32-31(37-29)26-17-35-40(20-26)44(41,42)27-10-11-27/h12-17,19-20,22-23,27H,4-7,10-11,18,21H2,1-3H3,(H,32,33,36,37). The van der Waals surface area contributed by atoms with Gasteiger partial charge in [0, 0.05) is 38.2 Å². The monoisotopic (exact) mass is 615 g/mol. The van der Waals surface area contributed by atoms with Gasteiger partial charge in [0.1, 0.15) is 17.4 Å². The van der Waals surface area contributed by atoms with Gasteiger partial charge in [0.2, 0.25) is 0 Å². The molecule has 0 bridgehead atoms. The highest BCUT2D eigenvalue weighted by Crippen LogP contribution is 2.32. The van der Waals surface area contributed by atoms with Crippen LogP contribution in [0, 0.1) is 23.7 Å². The van der Waals surface area contributed by atoms with Crippen LogP contribution in [0.15, 0.2) is 49.3 Å². The first kappa shape index (κ1) is 29.8. The van der Waals surface area contributed by atoms with Gasteiger partial charge in [0.25, 0.3) is 10.0 Å². The van der Waals surface area contributed by atoms with Crippen molar-refractivity contribution in [2.75, 3.05) is 32.6 Å². The molecule has 0 atom stereocenters. The Bertz CT molecular complexity index is 1780. The number of aryl methyl sites for hydroxylation is 1. The summed E-state index contributed by atoms with van der Waals surface area (Å²) in [5.74, 6) is 9.63. The molecular weight excluding hydrogens is 578 g/mol. The second-order valence-electron chi connectivity index (χ2n) is 11.9. The van der Waals surface area contributed by atoms with E-state index >= 15 is 0 Å². The summed E-state index contributed by atoms with van der Waals surface area (Å²) in [6, 6.07) is 3.56. The van der Waals surface area contributed by atoms with E-state index in [1.54, 1.807) is 29.3 Å². The van der Waals surface area contributed by atoms with Gasteiger partial charge in [-0.05, 0) is 70.5 Å². The van der Waals surface area contributed by atoms with Crippen molar-refractivity contribution in [2.24, 2.45) is 18.9 Å². The molecule has 2 saturated carbocycles. The fraction of sp³-hybridized carbons (Fsp3) is 0.452. The molecule has 2 fully saturated rings. The van der Waals surface area contributed by atoms with Gasteiger partial charge >= 0.3 is 0 Å². The largest absolute Gasteiger partial charge is 0.492 e. The Balaban J connectivity index is 1.18. The predicted molar refractivity (Wildman–Crippen MR) is 167 cm³/mol. The van der Waals surface area contributed by atoms with Crippen LogP contribution in [-0.2, 0) is 17.1 Å². The summed E-state index contributed by atoms with van der Waals surface area (Å²) in [6.07, 6.45) is 15.9. The minimum absolute atomic E-state index is 0.354. The molecule has 0 aliphatic heterocycles. The first-order valence-electron chi connectivity index (χ1n) is 14.9. The van der Waals surface area contributed by atoms with Crippen LogP contribution in [0.3, 0.4) is 0 Å². The van der Waals surface area contributed by atoms with Crippen molar-refractivity contribution in [3.05, 3.63) is 60.4 Å². The Morgan fingerprint density at radius 1 is 0.977 bits per heavy atom. The third-order valence-electron chi connectivity index (χ3n) is 7.91. The molecule has 2 aliphatic rings. The first-order chi connectivity index (χ1) is 21.2. The lowest BCUT2D eigenvalue weighted by atomic mass is 9.82. The van der Waals surface area contributed by atoms with Gasteiger partial charge in [0.05, 0.1) is 47.1 Å². The number of nitrogens with zero attached hydrogens (tertiary/aromatic N) is 8. The summed E-state index contributed by atoms with van der Waals surface area (Å²) in [5.41, 5.74) is 2.01. The van der Waals surface area contributed by atoms with Gasteiger partial charge in [-0.2, -0.15) is 14.3 Å². The van der Waals surface area contributed by atoms with E-state index in [2.05, 4.69) is 61.3 Å². The Morgan fingerprint density at radius 3 is 2.50 bits per heavy atom. The Morgan fingerprint density at radius 2 is 1.77 bits per heavy atom. The molecule has 0 aromatic carbocycles. The lowest BCUT2D eigenvalue weighted by Gasteiger charge is -2.30. The quantitative estimate of drug-likeness (QED) is 0.263. The van der Waals surface area contributed by atoms with Crippen molar-refractivity contribution >= 4 is 21.7 Å². The molecule has 4 aromatic rings. The maximum atomic E-state index is 12.6. The number of nitrogens with one attached hydrogen (secondary N) is 1. The van der Waals surface area contributed by atoms with Crippen LogP contribution < -0.4 is 10.1 Å². The van der Waals surface area contributed by atoms with Crippen molar-refractivity contribution in [3.8, 4) is 29.0 Å². The fourth-order valence-corrected chi connectivity index (χ4v) is 6.90. The first-order valence-corrected chi connectivity index (χ1v) is 16.4. The summed E-state index contributed by atoms with van der Waals surface area (Å²) >= 11 is 0. The van der Waals surface area contributed by atoms with Gasteiger partial charge in [-0.15, -0.1) is 0 Å². The molecule has 4 aromatic heterocycles. The van der Waals surface area contributed by atoms with Crippen molar-refractivity contribution in [2.45, 2.75) is 43.8 Å². The normalized spacial score (nSPS) is 18.5. The lowest BCUT2D eigenvalue weighted by molar-refractivity contribution is 0.166. The molecule has 1 N–H and O–H groups in total. The molecular formula is C31H37N9O3S. The Labute approximate surface area is 257 Å². The van der Waals surface area contributed by atoms with Crippen molar-refractivity contribution in [1.82, 2.24) is 38.8 Å². The summed E-state index contributed by atoms with van der Waals surface area (Å²) < 4.78 is 34.2. The van der Waals surface area contributed by atoms with E-state index in [0.717, 1.165) is 35.0 Å². The molecule has 230 valence electrons. The highest BCUT2D eigenvalue weighted by atomic mass is 32.2. The lowest BCUT2D eigenvalue weighted by Crippen LogP contribution is -2.27. The molecule has 12 nitrogen and oxygen atoms in total. The molecule has 0 amide bonds. The van der Waals surface area contributed by atoms with Crippen LogP contribution in [0.1, 0.15) is 49.7 Å². The predicted octanol–water partition coefficient (Wildman–Crippen LogP) is 3.70.